The molecule has 126 valence electrons. The minimum absolute atomic E-state index is 0.0407. The molecule has 0 aromatic heterocycles. The summed E-state index contributed by atoms with van der Waals surface area (Å²) in [5.74, 6) is 0.508. The number of carbonyl (C=O) groups is 2. The number of urea groups is 1. The largest absolute Gasteiger partial charge is 0.338 e. The molecule has 0 bridgehead atoms. The van der Waals surface area contributed by atoms with Crippen LogP contribution in [0.25, 0.3) is 0 Å². The summed E-state index contributed by atoms with van der Waals surface area (Å²) in [7, 11) is 0. The minimum atomic E-state index is -0.0742. The van der Waals surface area contributed by atoms with Crippen LogP contribution in [0.2, 0.25) is 0 Å². The molecule has 2 atom stereocenters. The molecule has 0 unspecified atom stereocenters. The number of hydrogen-bond acceptors (Lipinski definition) is 2. The van der Waals surface area contributed by atoms with Crippen molar-refractivity contribution in [3.05, 3.63) is 29.8 Å². The molecular weight excluding hydrogens is 290 g/mol. The average molecular weight is 317 g/mol. The Labute approximate surface area is 138 Å². The van der Waals surface area contributed by atoms with Crippen LogP contribution in [-0.4, -0.2) is 36.0 Å². The van der Waals surface area contributed by atoms with Gasteiger partial charge < -0.3 is 15.5 Å². The van der Waals surface area contributed by atoms with Gasteiger partial charge in [0.25, 0.3) is 0 Å². The molecule has 0 radical (unpaired) electrons. The summed E-state index contributed by atoms with van der Waals surface area (Å²) in [4.78, 5) is 25.2. The predicted octanol–water partition coefficient (Wildman–Crippen LogP) is 3.02. The molecule has 1 heterocycles. The molecule has 0 aliphatic carbocycles. The van der Waals surface area contributed by atoms with Gasteiger partial charge in [0, 0.05) is 31.7 Å². The minimum Gasteiger partial charge on any atom is -0.338 e. The SMILES string of the molecule is CC(=O)Nc1ccc(CCNC(=O)N2C[C@@H](C)CC[C@H]2C)cc1. The first-order chi connectivity index (χ1) is 11.0. The van der Waals surface area contributed by atoms with Crippen molar-refractivity contribution in [1.29, 1.82) is 0 Å². The number of nitrogens with zero attached hydrogens (tertiary/aromatic N) is 1. The highest BCUT2D eigenvalue weighted by Gasteiger charge is 2.26. The Morgan fingerprint density at radius 1 is 1.17 bits per heavy atom. The van der Waals surface area contributed by atoms with Crippen LogP contribution in [0.1, 0.15) is 39.2 Å². The average Bonchev–Trinajstić information content (AvgIpc) is 2.51. The zero-order chi connectivity index (χ0) is 16.8. The molecule has 2 N–H and O–H groups in total. The van der Waals surface area contributed by atoms with E-state index in [0.29, 0.717) is 18.5 Å². The molecular formula is C18H27N3O2. The highest BCUT2D eigenvalue weighted by Crippen LogP contribution is 2.21. The van der Waals surface area contributed by atoms with Crippen LogP contribution in [0.4, 0.5) is 10.5 Å². The van der Waals surface area contributed by atoms with Crippen LogP contribution in [-0.2, 0) is 11.2 Å². The maximum absolute atomic E-state index is 12.3. The molecule has 1 saturated heterocycles. The second kappa shape index (κ2) is 7.99. The number of benzene rings is 1. The van der Waals surface area contributed by atoms with Gasteiger partial charge in [-0.2, -0.15) is 0 Å². The molecule has 1 aliphatic heterocycles. The van der Waals surface area contributed by atoms with E-state index in [9.17, 15) is 9.59 Å². The van der Waals surface area contributed by atoms with Gasteiger partial charge in [-0.25, -0.2) is 4.79 Å². The molecule has 3 amide bonds. The zero-order valence-corrected chi connectivity index (χ0v) is 14.3. The first-order valence-corrected chi connectivity index (χ1v) is 8.36. The van der Waals surface area contributed by atoms with Crippen molar-refractivity contribution in [3.8, 4) is 0 Å². The van der Waals surface area contributed by atoms with E-state index in [4.69, 9.17) is 0 Å². The molecule has 0 saturated carbocycles. The third kappa shape index (κ3) is 5.27. The summed E-state index contributed by atoms with van der Waals surface area (Å²) in [5.41, 5.74) is 1.93. The normalized spacial score (nSPS) is 20.9. The number of carbonyl (C=O) groups excluding carboxylic acids is 2. The number of piperidine rings is 1. The van der Waals surface area contributed by atoms with Gasteiger partial charge in [-0.05, 0) is 49.8 Å². The summed E-state index contributed by atoms with van der Waals surface area (Å²) < 4.78 is 0. The van der Waals surface area contributed by atoms with Gasteiger partial charge in [-0.15, -0.1) is 0 Å². The van der Waals surface area contributed by atoms with E-state index in [1.807, 2.05) is 29.2 Å². The lowest BCUT2D eigenvalue weighted by Crippen LogP contribution is -2.49. The molecule has 23 heavy (non-hydrogen) atoms. The van der Waals surface area contributed by atoms with Crippen molar-refractivity contribution < 1.29 is 9.59 Å². The molecule has 5 nitrogen and oxygen atoms in total. The van der Waals surface area contributed by atoms with Gasteiger partial charge in [0.15, 0.2) is 0 Å². The number of likely N-dealkylation sites (tertiary alicyclic amines) is 1. The van der Waals surface area contributed by atoms with E-state index in [1.165, 1.54) is 13.3 Å². The Balaban J connectivity index is 1.77. The lowest BCUT2D eigenvalue weighted by atomic mass is 9.95. The van der Waals surface area contributed by atoms with Gasteiger partial charge in [0.1, 0.15) is 0 Å². The fraction of sp³-hybridized carbons (Fsp3) is 0.556. The quantitative estimate of drug-likeness (QED) is 0.896. The van der Waals surface area contributed by atoms with Crippen LogP contribution in [0.3, 0.4) is 0 Å². The smallest absolute Gasteiger partial charge is 0.317 e. The molecule has 1 aromatic rings. The highest BCUT2D eigenvalue weighted by atomic mass is 16.2. The zero-order valence-electron chi connectivity index (χ0n) is 14.3. The molecule has 1 fully saturated rings. The number of amides is 3. The van der Waals surface area contributed by atoms with Gasteiger partial charge >= 0.3 is 6.03 Å². The van der Waals surface area contributed by atoms with Crippen molar-refractivity contribution in [2.24, 2.45) is 5.92 Å². The van der Waals surface area contributed by atoms with Crippen molar-refractivity contribution in [2.45, 2.75) is 46.1 Å². The van der Waals surface area contributed by atoms with E-state index >= 15 is 0 Å². The molecule has 2 rings (SSSR count). The lowest BCUT2D eigenvalue weighted by Gasteiger charge is -2.36. The number of anilines is 1. The Morgan fingerprint density at radius 3 is 2.52 bits per heavy atom. The lowest BCUT2D eigenvalue weighted by molar-refractivity contribution is -0.114. The van der Waals surface area contributed by atoms with Crippen molar-refractivity contribution >= 4 is 17.6 Å². The summed E-state index contributed by atoms with van der Waals surface area (Å²) in [5, 5.41) is 5.76. The summed E-state index contributed by atoms with van der Waals surface area (Å²) in [6.45, 7) is 7.27. The Kier molecular flexibility index (Phi) is 6.02. The maximum Gasteiger partial charge on any atom is 0.317 e. The highest BCUT2D eigenvalue weighted by molar-refractivity contribution is 5.88. The fourth-order valence-electron chi connectivity index (χ4n) is 2.94. The van der Waals surface area contributed by atoms with E-state index in [1.54, 1.807) is 0 Å². The van der Waals surface area contributed by atoms with E-state index in [-0.39, 0.29) is 11.9 Å². The van der Waals surface area contributed by atoms with Crippen LogP contribution >= 0.6 is 0 Å². The summed E-state index contributed by atoms with van der Waals surface area (Å²) >= 11 is 0. The van der Waals surface area contributed by atoms with Crippen LogP contribution < -0.4 is 10.6 Å². The Bertz CT molecular complexity index is 542. The number of hydrogen-bond donors (Lipinski definition) is 2. The molecule has 1 aliphatic rings. The summed E-state index contributed by atoms with van der Waals surface area (Å²) in [6, 6.07) is 8.08. The first-order valence-electron chi connectivity index (χ1n) is 8.36. The Morgan fingerprint density at radius 2 is 1.87 bits per heavy atom. The monoisotopic (exact) mass is 317 g/mol. The van der Waals surface area contributed by atoms with E-state index in [0.717, 1.165) is 30.6 Å². The van der Waals surface area contributed by atoms with Gasteiger partial charge in [-0.3, -0.25) is 4.79 Å². The van der Waals surface area contributed by atoms with Gasteiger partial charge in [0.2, 0.25) is 5.91 Å². The number of nitrogens with one attached hydrogen (secondary N) is 2. The third-order valence-corrected chi connectivity index (χ3v) is 4.34. The van der Waals surface area contributed by atoms with Crippen molar-refractivity contribution in [1.82, 2.24) is 10.2 Å². The van der Waals surface area contributed by atoms with Gasteiger partial charge in [-0.1, -0.05) is 19.1 Å². The van der Waals surface area contributed by atoms with Crippen molar-refractivity contribution in [2.75, 3.05) is 18.4 Å². The van der Waals surface area contributed by atoms with Gasteiger partial charge in [0.05, 0.1) is 0 Å². The second-order valence-electron chi connectivity index (χ2n) is 6.54. The first kappa shape index (κ1) is 17.3. The Hall–Kier alpha value is -2.04. The molecule has 5 heteroatoms. The van der Waals surface area contributed by atoms with E-state index < -0.39 is 0 Å². The molecule has 0 spiro atoms. The van der Waals surface area contributed by atoms with Crippen LogP contribution in [0, 0.1) is 5.92 Å². The summed E-state index contributed by atoms with van der Waals surface area (Å²) in [6.07, 6.45) is 3.06. The third-order valence-electron chi connectivity index (χ3n) is 4.34. The van der Waals surface area contributed by atoms with Crippen LogP contribution in [0.15, 0.2) is 24.3 Å². The topological polar surface area (TPSA) is 61.4 Å². The predicted molar refractivity (Wildman–Crippen MR) is 92.4 cm³/mol. The fourth-order valence-corrected chi connectivity index (χ4v) is 2.94. The van der Waals surface area contributed by atoms with Crippen LogP contribution in [0.5, 0.6) is 0 Å². The van der Waals surface area contributed by atoms with Crippen molar-refractivity contribution in [3.63, 3.8) is 0 Å². The van der Waals surface area contributed by atoms with E-state index in [2.05, 4.69) is 24.5 Å². The standard InChI is InChI=1S/C18H27N3O2/c1-13-4-5-14(2)21(12-13)18(23)19-11-10-16-6-8-17(9-7-16)20-15(3)22/h6-9,13-14H,4-5,10-12H2,1-3H3,(H,19,23)(H,20,22)/t13-,14+/m0/s1. The maximum atomic E-state index is 12.3. The number of rotatable bonds is 4. The second-order valence-corrected chi connectivity index (χ2v) is 6.54. The molecule has 1 aromatic carbocycles.